The minimum absolute atomic E-state index is 0.0512. The van der Waals surface area contributed by atoms with E-state index >= 15 is 0 Å². The van der Waals surface area contributed by atoms with Gasteiger partial charge in [-0.1, -0.05) is 13.8 Å². The molecule has 8 nitrogen and oxygen atoms in total. The van der Waals surface area contributed by atoms with E-state index in [9.17, 15) is 18.0 Å². The monoisotopic (exact) mass is 340 g/mol. The van der Waals surface area contributed by atoms with E-state index in [1.807, 2.05) is 13.8 Å². The maximum absolute atomic E-state index is 12.5. The number of benzene rings is 1. The molecule has 1 heterocycles. The Kier molecular flexibility index (Phi) is 5.03. The lowest BCUT2D eigenvalue weighted by molar-refractivity contribution is 0.465. The first-order valence-electron chi connectivity index (χ1n) is 7.21. The predicted molar refractivity (Wildman–Crippen MR) is 87.8 cm³/mol. The maximum atomic E-state index is 12.5. The number of nitrogens with two attached hydrogens (primary N) is 1. The second-order valence-corrected chi connectivity index (χ2v) is 7.51. The number of H-pyrrole nitrogens is 2. The lowest BCUT2D eigenvalue weighted by Crippen LogP contribution is -2.41. The molecular weight excluding hydrogens is 320 g/mol. The number of rotatable bonds is 6. The topological polar surface area (TPSA) is 138 Å². The van der Waals surface area contributed by atoms with Gasteiger partial charge in [-0.05, 0) is 30.5 Å². The molecule has 2 aromatic rings. The summed E-state index contributed by atoms with van der Waals surface area (Å²) >= 11 is 0. The molecular formula is C14H20N4O4S. The first-order valence-corrected chi connectivity index (χ1v) is 8.70. The summed E-state index contributed by atoms with van der Waals surface area (Å²) in [5, 5.41) is 0.0978. The summed E-state index contributed by atoms with van der Waals surface area (Å²) < 4.78 is 27.5. The average Bonchev–Trinajstić information content (AvgIpc) is 2.45. The minimum atomic E-state index is -3.81. The SMILES string of the molecule is CC(C)CC(CN)NS(=O)(=O)c1ccc2[nH]c(=O)[nH]c(=O)c2c1. The fraction of sp³-hybridized carbons (Fsp3) is 0.429. The highest BCUT2D eigenvalue weighted by Gasteiger charge is 2.20. The number of hydrogen-bond donors (Lipinski definition) is 4. The van der Waals surface area contributed by atoms with Crippen LogP contribution in [0.2, 0.25) is 0 Å². The molecule has 0 amide bonds. The van der Waals surface area contributed by atoms with Crippen molar-refractivity contribution in [1.82, 2.24) is 14.7 Å². The van der Waals surface area contributed by atoms with Gasteiger partial charge in [0.25, 0.3) is 5.56 Å². The predicted octanol–water partition coefficient (Wildman–Crippen LogP) is -0.132. The van der Waals surface area contributed by atoms with Crippen molar-refractivity contribution in [3.05, 3.63) is 39.0 Å². The van der Waals surface area contributed by atoms with E-state index < -0.39 is 21.3 Å². The third-order valence-electron chi connectivity index (χ3n) is 3.38. The Hall–Kier alpha value is -1.97. The zero-order valence-corrected chi connectivity index (χ0v) is 13.7. The summed E-state index contributed by atoms with van der Waals surface area (Å²) in [5.41, 5.74) is 4.61. The fourth-order valence-corrected chi connectivity index (χ4v) is 3.65. The van der Waals surface area contributed by atoms with E-state index in [1.165, 1.54) is 18.2 Å². The molecule has 0 saturated carbocycles. The van der Waals surface area contributed by atoms with Gasteiger partial charge in [0.05, 0.1) is 15.8 Å². The van der Waals surface area contributed by atoms with Gasteiger partial charge < -0.3 is 10.7 Å². The summed E-state index contributed by atoms with van der Waals surface area (Å²) in [5.74, 6) is 0.288. The van der Waals surface area contributed by atoms with Crippen molar-refractivity contribution >= 4 is 20.9 Å². The number of fused-ring (bicyclic) bond motifs is 1. The molecule has 0 aliphatic rings. The Balaban J connectivity index is 2.42. The number of aromatic amines is 2. The van der Waals surface area contributed by atoms with Crippen molar-refractivity contribution in [3.8, 4) is 0 Å². The molecule has 0 saturated heterocycles. The van der Waals surface area contributed by atoms with Gasteiger partial charge in [-0.3, -0.25) is 9.78 Å². The van der Waals surface area contributed by atoms with Crippen LogP contribution in [0.5, 0.6) is 0 Å². The van der Waals surface area contributed by atoms with E-state index in [-0.39, 0.29) is 34.3 Å². The lowest BCUT2D eigenvalue weighted by atomic mass is 10.1. The summed E-state index contributed by atoms with van der Waals surface area (Å²) in [6, 6.07) is 3.57. The minimum Gasteiger partial charge on any atom is -0.329 e. The molecule has 2 rings (SSSR count). The molecule has 5 N–H and O–H groups in total. The Morgan fingerprint density at radius 3 is 2.52 bits per heavy atom. The number of aromatic nitrogens is 2. The second kappa shape index (κ2) is 6.65. The molecule has 0 bridgehead atoms. The van der Waals surface area contributed by atoms with Crippen LogP contribution in [0, 0.1) is 5.92 Å². The van der Waals surface area contributed by atoms with Crippen molar-refractivity contribution < 1.29 is 8.42 Å². The number of nitrogens with one attached hydrogen (secondary N) is 3. The van der Waals surface area contributed by atoms with Gasteiger partial charge in [0.2, 0.25) is 10.0 Å². The van der Waals surface area contributed by atoms with Crippen LogP contribution >= 0.6 is 0 Å². The van der Waals surface area contributed by atoms with Crippen molar-refractivity contribution in [2.45, 2.75) is 31.2 Å². The van der Waals surface area contributed by atoms with Crippen LogP contribution in [0.1, 0.15) is 20.3 Å². The largest absolute Gasteiger partial charge is 0.329 e. The first kappa shape index (κ1) is 17.4. The Morgan fingerprint density at radius 2 is 1.91 bits per heavy atom. The molecule has 0 radical (unpaired) electrons. The highest BCUT2D eigenvalue weighted by atomic mass is 32.2. The molecule has 0 aliphatic heterocycles. The molecule has 1 atom stereocenters. The summed E-state index contributed by atoms with van der Waals surface area (Å²) in [7, 11) is -3.81. The number of hydrogen-bond acceptors (Lipinski definition) is 5. The van der Waals surface area contributed by atoms with Crippen molar-refractivity contribution in [3.63, 3.8) is 0 Å². The summed E-state index contributed by atoms with van der Waals surface area (Å²) in [6.45, 7) is 4.13. The van der Waals surface area contributed by atoms with Crippen LogP contribution in [0.4, 0.5) is 0 Å². The molecule has 23 heavy (non-hydrogen) atoms. The molecule has 1 aromatic heterocycles. The Bertz CT molecular complexity index is 914. The van der Waals surface area contributed by atoms with E-state index in [1.54, 1.807) is 0 Å². The normalized spacial score (nSPS) is 13.6. The van der Waals surface area contributed by atoms with Gasteiger partial charge >= 0.3 is 5.69 Å². The molecule has 9 heteroatoms. The third kappa shape index (κ3) is 4.06. The average molecular weight is 340 g/mol. The smallest absolute Gasteiger partial charge is 0.326 e. The van der Waals surface area contributed by atoms with Crippen LogP contribution in [0.3, 0.4) is 0 Å². The molecule has 0 aliphatic carbocycles. The number of sulfonamides is 1. The molecule has 126 valence electrons. The highest BCUT2D eigenvalue weighted by Crippen LogP contribution is 2.15. The molecule has 0 spiro atoms. The van der Waals surface area contributed by atoms with E-state index in [4.69, 9.17) is 5.73 Å². The highest BCUT2D eigenvalue weighted by molar-refractivity contribution is 7.89. The first-order chi connectivity index (χ1) is 10.7. The van der Waals surface area contributed by atoms with Crippen LogP contribution in [0.15, 0.2) is 32.7 Å². The van der Waals surface area contributed by atoms with E-state index in [0.717, 1.165) is 0 Å². The Morgan fingerprint density at radius 1 is 1.22 bits per heavy atom. The van der Waals surface area contributed by atoms with Crippen molar-refractivity contribution in [2.24, 2.45) is 11.7 Å². The molecule has 0 fully saturated rings. The van der Waals surface area contributed by atoms with E-state index in [2.05, 4.69) is 14.7 Å². The van der Waals surface area contributed by atoms with Gasteiger partial charge in [0, 0.05) is 12.6 Å². The van der Waals surface area contributed by atoms with Crippen LogP contribution < -0.4 is 21.7 Å². The van der Waals surface area contributed by atoms with Crippen molar-refractivity contribution in [2.75, 3.05) is 6.54 Å². The van der Waals surface area contributed by atoms with Gasteiger partial charge in [0.15, 0.2) is 0 Å². The van der Waals surface area contributed by atoms with Crippen LogP contribution in [0.25, 0.3) is 10.9 Å². The third-order valence-corrected chi connectivity index (χ3v) is 4.90. The Labute approximate surface area is 133 Å². The maximum Gasteiger partial charge on any atom is 0.326 e. The quantitative estimate of drug-likeness (QED) is 0.580. The van der Waals surface area contributed by atoms with Gasteiger partial charge in [-0.2, -0.15) is 0 Å². The zero-order valence-electron chi connectivity index (χ0n) is 12.9. The summed E-state index contributed by atoms with van der Waals surface area (Å²) in [6.07, 6.45) is 0.608. The van der Waals surface area contributed by atoms with E-state index in [0.29, 0.717) is 6.42 Å². The zero-order chi connectivity index (χ0) is 17.2. The van der Waals surface area contributed by atoms with Crippen molar-refractivity contribution in [1.29, 1.82) is 0 Å². The van der Waals surface area contributed by atoms with Crippen LogP contribution in [-0.4, -0.2) is 31.0 Å². The fourth-order valence-electron chi connectivity index (χ4n) is 2.36. The van der Waals surface area contributed by atoms with Gasteiger partial charge in [-0.25, -0.2) is 17.9 Å². The standard InChI is InChI=1S/C14H20N4O4S/c1-8(2)5-9(7-15)18-23(21,22)10-3-4-12-11(6-10)13(19)17-14(20)16-12/h3-4,6,8-9,18H,5,7,15H2,1-2H3,(H2,16,17,19,20). The van der Waals surface area contributed by atoms with Gasteiger partial charge in [-0.15, -0.1) is 0 Å². The summed E-state index contributed by atoms with van der Waals surface area (Å²) in [4.78, 5) is 27.5. The van der Waals surface area contributed by atoms with Crippen LogP contribution in [-0.2, 0) is 10.0 Å². The molecule has 1 aromatic carbocycles. The molecule has 1 unspecified atom stereocenters. The lowest BCUT2D eigenvalue weighted by Gasteiger charge is -2.18. The second-order valence-electron chi connectivity index (χ2n) is 5.80. The van der Waals surface area contributed by atoms with Gasteiger partial charge in [0.1, 0.15) is 0 Å².